The highest BCUT2D eigenvalue weighted by molar-refractivity contribution is 6.39. The summed E-state index contributed by atoms with van der Waals surface area (Å²) in [6, 6.07) is 68.6. The Bertz CT molecular complexity index is 3840. The van der Waals surface area contributed by atoms with Gasteiger partial charge in [0.1, 0.15) is 5.58 Å². The number of fused-ring (bicyclic) bond motifs is 14. The lowest BCUT2D eigenvalue weighted by Gasteiger charge is -2.16. The molecule has 0 aliphatic heterocycles. The maximum atomic E-state index is 7.08. The highest BCUT2D eigenvalue weighted by Crippen LogP contribution is 2.50. The fourth-order valence-electron chi connectivity index (χ4n) is 9.67. The van der Waals surface area contributed by atoms with E-state index in [-0.39, 0.29) is 0 Å². The number of nitrogens with zero attached hydrogens (tertiary/aromatic N) is 4. The van der Waals surface area contributed by atoms with Crippen molar-refractivity contribution < 1.29 is 4.42 Å². The van der Waals surface area contributed by atoms with Gasteiger partial charge in [-0.25, -0.2) is 9.97 Å². The van der Waals surface area contributed by atoms with Gasteiger partial charge in [-0.3, -0.25) is 0 Å². The van der Waals surface area contributed by atoms with Crippen LogP contribution in [0, 0.1) is 0 Å². The second kappa shape index (κ2) is 12.2. The highest BCUT2D eigenvalue weighted by Gasteiger charge is 2.28. The first kappa shape index (κ1) is 32.1. The quantitative estimate of drug-likeness (QED) is 0.180. The minimum absolute atomic E-state index is 0.696. The topological polar surface area (TPSA) is 48.8 Å². The van der Waals surface area contributed by atoms with E-state index >= 15 is 0 Å². The van der Waals surface area contributed by atoms with Gasteiger partial charge in [-0.15, -0.1) is 0 Å². The molecule has 0 N–H and O–H groups in total. The first-order valence-corrected chi connectivity index (χ1v) is 20.0. The molecular formula is C54H32N4O. The van der Waals surface area contributed by atoms with Gasteiger partial charge in [0.05, 0.1) is 39.0 Å². The van der Waals surface area contributed by atoms with E-state index in [4.69, 9.17) is 14.4 Å². The Morgan fingerprint density at radius 1 is 0.390 bits per heavy atom. The van der Waals surface area contributed by atoms with Crippen LogP contribution in [0.3, 0.4) is 0 Å². The van der Waals surface area contributed by atoms with Crippen molar-refractivity contribution in [2.24, 2.45) is 0 Å². The van der Waals surface area contributed by atoms with Gasteiger partial charge in [0.2, 0.25) is 0 Å². The number of para-hydroxylation sites is 5. The molecule has 0 aliphatic rings. The van der Waals surface area contributed by atoms with Gasteiger partial charge in [-0.05, 0) is 53.9 Å². The summed E-state index contributed by atoms with van der Waals surface area (Å²) in [7, 11) is 0. The fourth-order valence-corrected chi connectivity index (χ4v) is 9.67. The lowest BCUT2D eigenvalue weighted by Crippen LogP contribution is -1.99. The van der Waals surface area contributed by atoms with Gasteiger partial charge in [-0.2, -0.15) is 0 Å². The van der Waals surface area contributed by atoms with Crippen LogP contribution >= 0.6 is 0 Å². The molecule has 0 bridgehead atoms. The van der Waals surface area contributed by atoms with E-state index in [1.807, 2.05) is 12.1 Å². The van der Waals surface area contributed by atoms with Gasteiger partial charge < -0.3 is 13.6 Å². The summed E-state index contributed by atoms with van der Waals surface area (Å²) < 4.78 is 12.0. The standard InChI is InChI=1S/C54H32N4O/c1-3-17-33(18-4-1)50-38-23-9-13-27-42(38)55-54(56-50)37-31-32-45(36-22-8-7-21-35(36)37)58-44-29-15-11-25-40(44)49-51-47(48-41-26-12-16-30-46(41)59-53(48)52(49)58)39-24-10-14-28-43(39)57(51)34-19-5-2-6-20-34/h1-32H. The molecular weight excluding hydrogens is 721 g/mol. The Hall–Kier alpha value is -8.02. The predicted molar refractivity (Wildman–Crippen MR) is 244 cm³/mol. The SMILES string of the molecule is c1ccc(-c2nc(-c3ccc(-n4c5ccccc5c5c4c4oc6ccccc6c4c4c6ccccc6n(-c6ccccc6)c45)c4ccccc34)nc3ccccc23)cc1. The Morgan fingerprint density at radius 2 is 0.983 bits per heavy atom. The molecule has 0 unspecified atom stereocenters. The molecule has 13 aromatic rings. The summed E-state index contributed by atoms with van der Waals surface area (Å²) >= 11 is 0. The van der Waals surface area contributed by atoms with Crippen LogP contribution in [-0.2, 0) is 0 Å². The third-order valence-corrected chi connectivity index (χ3v) is 12.1. The molecule has 5 nitrogen and oxygen atoms in total. The van der Waals surface area contributed by atoms with Crippen LogP contribution in [0.2, 0.25) is 0 Å². The molecule has 9 aromatic carbocycles. The lowest BCUT2D eigenvalue weighted by atomic mass is 10.00. The summed E-state index contributed by atoms with van der Waals surface area (Å²) in [5, 5.41) is 10.1. The van der Waals surface area contributed by atoms with Crippen LogP contribution in [0.1, 0.15) is 0 Å². The lowest BCUT2D eigenvalue weighted by molar-refractivity contribution is 0.671. The summed E-state index contributed by atoms with van der Waals surface area (Å²) in [6.45, 7) is 0. The van der Waals surface area contributed by atoms with Gasteiger partial charge in [0.25, 0.3) is 0 Å². The molecule has 274 valence electrons. The zero-order valence-corrected chi connectivity index (χ0v) is 31.7. The van der Waals surface area contributed by atoms with Gasteiger partial charge in [-0.1, -0.05) is 146 Å². The molecule has 59 heavy (non-hydrogen) atoms. The minimum Gasteiger partial charge on any atom is -0.454 e. The predicted octanol–water partition coefficient (Wildman–Crippen LogP) is 14.2. The van der Waals surface area contributed by atoms with E-state index < -0.39 is 0 Å². The molecule has 5 heteroatoms. The largest absolute Gasteiger partial charge is 0.454 e. The molecule has 0 spiro atoms. The third kappa shape index (κ3) is 4.50. The molecule has 0 saturated carbocycles. The van der Waals surface area contributed by atoms with Crippen molar-refractivity contribution in [1.29, 1.82) is 0 Å². The molecule has 0 saturated heterocycles. The molecule has 13 rings (SSSR count). The van der Waals surface area contributed by atoms with Gasteiger partial charge in [0.15, 0.2) is 11.4 Å². The number of rotatable bonds is 4. The summed E-state index contributed by atoms with van der Waals surface area (Å²) in [6.07, 6.45) is 0. The van der Waals surface area contributed by atoms with Gasteiger partial charge in [0, 0.05) is 59.9 Å². The first-order valence-electron chi connectivity index (χ1n) is 20.0. The Labute approximate surface area is 337 Å². The molecule has 0 aliphatic carbocycles. The zero-order valence-electron chi connectivity index (χ0n) is 31.7. The number of aromatic nitrogens is 4. The van der Waals surface area contributed by atoms with Crippen molar-refractivity contribution in [3.63, 3.8) is 0 Å². The average molecular weight is 753 g/mol. The van der Waals surface area contributed by atoms with Crippen LogP contribution < -0.4 is 0 Å². The monoisotopic (exact) mass is 752 g/mol. The van der Waals surface area contributed by atoms with Crippen LogP contribution in [0.25, 0.3) is 121 Å². The second-order valence-electron chi connectivity index (χ2n) is 15.2. The van der Waals surface area contributed by atoms with Crippen LogP contribution in [0.15, 0.2) is 199 Å². The van der Waals surface area contributed by atoms with E-state index in [0.29, 0.717) is 5.82 Å². The van der Waals surface area contributed by atoms with Crippen LogP contribution in [-0.4, -0.2) is 19.1 Å². The Morgan fingerprint density at radius 3 is 1.76 bits per heavy atom. The van der Waals surface area contributed by atoms with Crippen molar-refractivity contribution in [1.82, 2.24) is 19.1 Å². The molecule has 0 atom stereocenters. The number of hydrogen-bond acceptors (Lipinski definition) is 3. The van der Waals surface area contributed by atoms with E-state index in [2.05, 4.69) is 191 Å². The highest BCUT2D eigenvalue weighted by atomic mass is 16.3. The zero-order chi connectivity index (χ0) is 38.6. The van der Waals surface area contributed by atoms with Crippen LogP contribution in [0.5, 0.6) is 0 Å². The Balaban J connectivity index is 1.19. The van der Waals surface area contributed by atoms with Gasteiger partial charge >= 0.3 is 0 Å². The van der Waals surface area contributed by atoms with Crippen molar-refractivity contribution in [2.75, 3.05) is 0 Å². The number of furan rings is 1. The smallest absolute Gasteiger partial charge is 0.161 e. The summed E-state index contributed by atoms with van der Waals surface area (Å²) in [4.78, 5) is 10.5. The van der Waals surface area contributed by atoms with Crippen molar-refractivity contribution in [3.05, 3.63) is 194 Å². The molecule has 4 heterocycles. The third-order valence-electron chi connectivity index (χ3n) is 12.1. The minimum atomic E-state index is 0.696. The Kier molecular flexibility index (Phi) is 6.66. The molecule has 0 radical (unpaired) electrons. The molecule has 0 amide bonds. The van der Waals surface area contributed by atoms with E-state index in [0.717, 1.165) is 99.1 Å². The second-order valence-corrected chi connectivity index (χ2v) is 15.2. The first-order chi connectivity index (χ1) is 29.3. The fraction of sp³-hybridized carbons (Fsp3) is 0. The maximum absolute atomic E-state index is 7.08. The van der Waals surface area contributed by atoms with E-state index in [1.54, 1.807) is 0 Å². The summed E-state index contributed by atoms with van der Waals surface area (Å²) in [5.41, 5.74) is 12.3. The van der Waals surface area contributed by atoms with Crippen molar-refractivity contribution in [2.45, 2.75) is 0 Å². The normalized spacial score (nSPS) is 12.1. The van der Waals surface area contributed by atoms with E-state index in [1.165, 1.54) is 16.3 Å². The van der Waals surface area contributed by atoms with Crippen LogP contribution in [0.4, 0.5) is 0 Å². The average Bonchev–Trinajstić information content (AvgIpc) is 3.97. The van der Waals surface area contributed by atoms with Crippen molar-refractivity contribution >= 4 is 87.2 Å². The maximum Gasteiger partial charge on any atom is 0.161 e. The van der Waals surface area contributed by atoms with Crippen molar-refractivity contribution in [3.8, 4) is 34.0 Å². The summed E-state index contributed by atoms with van der Waals surface area (Å²) in [5.74, 6) is 0.696. The van der Waals surface area contributed by atoms with E-state index in [9.17, 15) is 0 Å². The number of benzene rings is 9. The molecule has 0 fully saturated rings. The molecule has 4 aromatic heterocycles. The number of hydrogen-bond donors (Lipinski definition) is 0.